The van der Waals surface area contributed by atoms with E-state index in [1.165, 1.54) is 0 Å². The van der Waals surface area contributed by atoms with Crippen LogP contribution in [0.25, 0.3) is 0 Å². The van der Waals surface area contributed by atoms with Gasteiger partial charge >= 0.3 is 5.97 Å². The first-order valence-electron chi connectivity index (χ1n) is 7.93. The minimum atomic E-state index is -0.476. The lowest BCUT2D eigenvalue weighted by atomic mass is 10.1. The maximum atomic E-state index is 12.3. The van der Waals surface area contributed by atoms with E-state index in [0.29, 0.717) is 24.2 Å². The van der Waals surface area contributed by atoms with E-state index in [1.807, 2.05) is 6.92 Å². The Balaban J connectivity index is 1.97. The van der Waals surface area contributed by atoms with Gasteiger partial charge < -0.3 is 15.4 Å². The van der Waals surface area contributed by atoms with Crippen molar-refractivity contribution in [3.8, 4) is 0 Å². The number of esters is 1. The minimum absolute atomic E-state index is 0.0781. The molecule has 1 aliphatic rings. The highest BCUT2D eigenvalue weighted by Crippen LogP contribution is 2.39. The van der Waals surface area contributed by atoms with Crippen LogP contribution in [0.1, 0.15) is 37.0 Å². The summed E-state index contributed by atoms with van der Waals surface area (Å²) in [6.07, 6.45) is 1.41. The van der Waals surface area contributed by atoms with Crippen LogP contribution >= 0.6 is 0 Å². The van der Waals surface area contributed by atoms with Crippen molar-refractivity contribution in [1.29, 1.82) is 0 Å². The lowest BCUT2D eigenvalue weighted by Crippen LogP contribution is -2.28. The van der Waals surface area contributed by atoms with E-state index >= 15 is 0 Å². The van der Waals surface area contributed by atoms with Gasteiger partial charge in [0.05, 0.1) is 29.7 Å². The predicted molar refractivity (Wildman–Crippen MR) is 85.9 cm³/mol. The van der Waals surface area contributed by atoms with Crippen LogP contribution in [0.3, 0.4) is 0 Å². The third-order valence-corrected chi connectivity index (χ3v) is 3.69. The molecule has 2 amide bonds. The van der Waals surface area contributed by atoms with Crippen LogP contribution in [0, 0.1) is 11.8 Å². The number of hydrogen-bond acceptors (Lipinski definition) is 4. The lowest BCUT2D eigenvalue weighted by Gasteiger charge is -2.10. The second kappa shape index (κ2) is 7.76. The van der Waals surface area contributed by atoms with Gasteiger partial charge in [0.15, 0.2) is 0 Å². The largest absolute Gasteiger partial charge is 0.462 e. The molecule has 1 aliphatic carbocycles. The van der Waals surface area contributed by atoms with E-state index in [1.54, 1.807) is 31.2 Å². The van der Waals surface area contributed by atoms with E-state index in [9.17, 15) is 14.4 Å². The van der Waals surface area contributed by atoms with E-state index < -0.39 is 5.97 Å². The summed E-state index contributed by atoms with van der Waals surface area (Å²) in [5, 5.41) is 5.53. The zero-order chi connectivity index (χ0) is 16.8. The molecule has 6 heteroatoms. The van der Waals surface area contributed by atoms with Gasteiger partial charge in [-0.3, -0.25) is 9.59 Å². The van der Waals surface area contributed by atoms with Gasteiger partial charge in [0.25, 0.3) is 0 Å². The molecular formula is C17H22N2O4. The molecule has 0 aromatic heterocycles. The number of para-hydroxylation sites is 1. The van der Waals surface area contributed by atoms with Crippen LogP contribution in [0.5, 0.6) is 0 Å². The third-order valence-electron chi connectivity index (χ3n) is 3.69. The molecule has 2 atom stereocenters. The molecule has 0 spiro atoms. The molecule has 1 saturated carbocycles. The van der Waals surface area contributed by atoms with Gasteiger partial charge in [0.2, 0.25) is 11.8 Å². The second-order valence-electron chi connectivity index (χ2n) is 5.50. The Labute approximate surface area is 135 Å². The number of nitrogens with one attached hydrogen (secondary N) is 2. The molecule has 6 nitrogen and oxygen atoms in total. The van der Waals surface area contributed by atoms with Gasteiger partial charge in [-0.25, -0.2) is 4.79 Å². The zero-order valence-electron chi connectivity index (χ0n) is 13.4. The highest BCUT2D eigenvalue weighted by molar-refractivity contribution is 6.04. The molecule has 1 aromatic carbocycles. The van der Waals surface area contributed by atoms with E-state index in [0.717, 1.165) is 6.42 Å². The molecule has 0 bridgehead atoms. The molecule has 2 N–H and O–H groups in total. The van der Waals surface area contributed by atoms with E-state index in [-0.39, 0.29) is 30.3 Å². The average Bonchev–Trinajstić information content (AvgIpc) is 3.34. The van der Waals surface area contributed by atoms with Crippen molar-refractivity contribution in [3.05, 3.63) is 29.8 Å². The number of carbonyl (C=O) groups is 3. The fraction of sp³-hybridized carbons (Fsp3) is 0.471. The molecule has 2 rings (SSSR count). The predicted octanol–water partition coefficient (Wildman–Crippen LogP) is 1.96. The van der Waals surface area contributed by atoms with Crippen LogP contribution in [0.15, 0.2) is 24.3 Å². The highest BCUT2D eigenvalue weighted by atomic mass is 16.5. The first-order valence-corrected chi connectivity index (χ1v) is 7.93. The number of rotatable bonds is 7. The van der Waals surface area contributed by atoms with Gasteiger partial charge in [0.1, 0.15) is 0 Å². The molecule has 1 fully saturated rings. The summed E-state index contributed by atoms with van der Waals surface area (Å²) < 4.78 is 4.98. The van der Waals surface area contributed by atoms with Crippen molar-refractivity contribution >= 4 is 23.5 Å². The summed E-state index contributed by atoms with van der Waals surface area (Å²) in [6.45, 7) is 4.59. The van der Waals surface area contributed by atoms with Crippen molar-refractivity contribution < 1.29 is 19.1 Å². The van der Waals surface area contributed by atoms with Crippen LogP contribution in [0.2, 0.25) is 0 Å². The van der Waals surface area contributed by atoms with Crippen LogP contribution in [-0.2, 0) is 14.3 Å². The number of ether oxygens (including phenoxy) is 1. The summed E-state index contributed by atoms with van der Waals surface area (Å²) in [6, 6.07) is 6.70. The summed E-state index contributed by atoms with van der Waals surface area (Å²) in [5.74, 6) is -1.39. The van der Waals surface area contributed by atoms with Gasteiger partial charge in [0, 0.05) is 6.54 Å². The first-order chi connectivity index (χ1) is 11.1. The molecule has 0 heterocycles. The Morgan fingerprint density at radius 3 is 2.52 bits per heavy atom. The summed E-state index contributed by atoms with van der Waals surface area (Å²) in [4.78, 5) is 36.0. The van der Waals surface area contributed by atoms with Crippen LogP contribution in [0.4, 0.5) is 5.69 Å². The number of hydrogen-bond donors (Lipinski definition) is 2. The summed E-state index contributed by atoms with van der Waals surface area (Å²) in [5.41, 5.74) is 0.728. The lowest BCUT2D eigenvalue weighted by molar-refractivity contribution is -0.125. The Morgan fingerprint density at radius 1 is 1.13 bits per heavy atom. The van der Waals surface area contributed by atoms with Crippen LogP contribution < -0.4 is 10.6 Å². The Morgan fingerprint density at radius 2 is 1.83 bits per heavy atom. The zero-order valence-corrected chi connectivity index (χ0v) is 13.4. The molecule has 23 heavy (non-hydrogen) atoms. The topological polar surface area (TPSA) is 84.5 Å². The van der Waals surface area contributed by atoms with Crippen molar-refractivity contribution in [3.63, 3.8) is 0 Å². The van der Waals surface area contributed by atoms with Gasteiger partial charge in [-0.2, -0.15) is 0 Å². The Hall–Kier alpha value is -2.37. The summed E-state index contributed by atoms with van der Waals surface area (Å²) >= 11 is 0. The molecule has 0 radical (unpaired) electrons. The number of amides is 2. The molecule has 1 aromatic rings. The monoisotopic (exact) mass is 318 g/mol. The number of benzene rings is 1. The Bertz CT molecular complexity index is 600. The third kappa shape index (κ3) is 4.31. The minimum Gasteiger partial charge on any atom is -0.462 e. The Kier molecular flexibility index (Phi) is 5.73. The van der Waals surface area contributed by atoms with Crippen LogP contribution in [-0.4, -0.2) is 30.9 Å². The smallest absolute Gasteiger partial charge is 0.340 e. The molecule has 2 unspecified atom stereocenters. The SMILES string of the molecule is CCCNC(=O)C1CC1C(=O)Nc1ccccc1C(=O)OCC. The van der Waals surface area contributed by atoms with Crippen molar-refractivity contribution in [2.75, 3.05) is 18.5 Å². The van der Waals surface area contributed by atoms with Gasteiger partial charge in [-0.15, -0.1) is 0 Å². The van der Waals surface area contributed by atoms with Gasteiger partial charge in [-0.1, -0.05) is 19.1 Å². The van der Waals surface area contributed by atoms with Gasteiger partial charge in [-0.05, 0) is 31.9 Å². The number of anilines is 1. The van der Waals surface area contributed by atoms with E-state index in [4.69, 9.17) is 4.74 Å². The fourth-order valence-corrected chi connectivity index (χ4v) is 2.36. The first kappa shape index (κ1) is 17.0. The standard InChI is InChI=1S/C17H22N2O4/c1-3-9-18-15(20)12-10-13(12)16(21)19-14-8-6-5-7-11(14)17(22)23-4-2/h5-8,12-13H,3-4,9-10H2,1-2H3,(H,18,20)(H,19,21). The van der Waals surface area contributed by atoms with Crippen molar-refractivity contribution in [2.24, 2.45) is 11.8 Å². The second-order valence-corrected chi connectivity index (χ2v) is 5.50. The molecule has 124 valence electrons. The van der Waals surface area contributed by atoms with E-state index in [2.05, 4.69) is 10.6 Å². The van der Waals surface area contributed by atoms with Crippen molar-refractivity contribution in [1.82, 2.24) is 5.32 Å². The average molecular weight is 318 g/mol. The van der Waals surface area contributed by atoms with Crippen molar-refractivity contribution in [2.45, 2.75) is 26.7 Å². The highest BCUT2D eigenvalue weighted by Gasteiger charge is 2.48. The maximum Gasteiger partial charge on any atom is 0.340 e. The quantitative estimate of drug-likeness (QED) is 0.753. The maximum absolute atomic E-state index is 12.3. The molecular weight excluding hydrogens is 296 g/mol. The molecule has 0 saturated heterocycles. The molecule has 0 aliphatic heterocycles. The normalized spacial score (nSPS) is 18.9. The fourth-order valence-electron chi connectivity index (χ4n) is 2.36. The number of carbonyl (C=O) groups excluding carboxylic acids is 3. The summed E-state index contributed by atoms with van der Waals surface area (Å²) in [7, 11) is 0.